The van der Waals surface area contributed by atoms with Gasteiger partial charge in [0.1, 0.15) is 15.8 Å². The Hall–Kier alpha value is -2.19. The third-order valence-corrected chi connectivity index (χ3v) is 6.13. The Bertz CT molecular complexity index is 1010. The number of pyridine rings is 1. The number of aromatic nitrogens is 2. The number of hydrogen-bond donors (Lipinski definition) is 0. The van der Waals surface area contributed by atoms with Gasteiger partial charge < -0.3 is 4.90 Å². The van der Waals surface area contributed by atoms with E-state index in [0.29, 0.717) is 32.8 Å². The highest BCUT2D eigenvalue weighted by molar-refractivity contribution is 8.26. The maximum atomic E-state index is 13.2. The van der Waals surface area contributed by atoms with Crippen LogP contribution in [-0.4, -0.2) is 44.1 Å². The molecule has 1 amide bonds. The molecule has 140 valence electrons. The molecule has 0 saturated carbocycles. The second kappa shape index (κ2) is 7.44. The smallest absolute Gasteiger partial charge is 0.267 e. The molecule has 0 unspecified atom stereocenters. The largest absolute Gasteiger partial charge is 0.356 e. The van der Waals surface area contributed by atoms with Crippen LogP contribution in [0.2, 0.25) is 0 Å². The van der Waals surface area contributed by atoms with E-state index < -0.39 is 0 Å². The number of fused-ring (bicyclic) bond motifs is 1. The second-order valence-electron chi connectivity index (χ2n) is 6.61. The number of thioether (sulfide) groups is 1. The Morgan fingerprint density at radius 2 is 2.04 bits per heavy atom. The number of rotatable bonds is 4. The second-order valence-corrected chi connectivity index (χ2v) is 8.29. The quantitative estimate of drug-likeness (QED) is 0.581. The van der Waals surface area contributed by atoms with Crippen molar-refractivity contribution in [2.24, 2.45) is 0 Å². The van der Waals surface area contributed by atoms with Crippen molar-refractivity contribution in [2.75, 3.05) is 24.5 Å². The molecule has 4 heterocycles. The van der Waals surface area contributed by atoms with Crippen molar-refractivity contribution in [1.29, 1.82) is 0 Å². The molecule has 0 bridgehead atoms. The fourth-order valence-corrected chi connectivity index (χ4v) is 4.73. The number of carbonyl (C=O) groups is 1. The number of carbonyl (C=O) groups excluding carboxylic acids is 1. The molecular formula is C19H20N4O2S2. The highest BCUT2D eigenvalue weighted by Crippen LogP contribution is 2.33. The van der Waals surface area contributed by atoms with Crippen LogP contribution in [0.15, 0.2) is 34.1 Å². The van der Waals surface area contributed by atoms with Gasteiger partial charge in [-0.1, -0.05) is 37.0 Å². The normalized spacial score (nSPS) is 19.1. The number of anilines is 1. The summed E-state index contributed by atoms with van der Waals surface area (Å²) in [6.07, 6.45) is 6.37. The molecular weight excluding hydrogens is 380 g/mol. The van der Waals surface area contributed by atoms with Gasteiger partial charge in [-0.15, -0.1) is 0 Å². The van der Waals surface area contributed by atoms with Gasteiger partial charge in [-0.2, -0.15) is 0 Å². The van der Waals surface area contributed by atoms with E-state index in [9.17, 15) is 9.59 Å². The SMILES string of the molecule is CCCN1C(=O)/C(=C\c2c(N3CCCC3)nc3ccccn3c2=O)SC1=S. The van der Waals surface area contributed by atoms with E-state index in [2.05, 4.69) is 4.90 Å². The predicted molar refractivity (Wildman–Crippen MR) is 113 cm³/mol. The summed E-state index contributed by atoms with van der Waals surface area (Å²) in [5.74, 6) is 0.529. The Morgan fingerprint density at radius 1 is 1.26 bits per heavy atom. The highest BCUT2D eigenvalue weighted by Gasteiger charge is 2.32. The van der Waals surface area contributed by atoms with Crippen LogP contribution < -0.4 is 10.5 Å². The first-order valence-corrected chi connectivity index (χ1v) is 10.3. The Morgan fingerprint density at radius 3 is 2.78 bits per heavy atom. The van der Waals surface area contributed by atoms with Crippen molar-refractivity contribution in [1.82, 2.24) is 14.3 Å². The van der Waals surface area contributed by atoms with Crippen molar-refractivity contribution in [3.05, 3.63) is 45.2 Å². The van der Waals surface area contributed by atoms with Crippen molar-refractivity contribution in [2.45, 2.75) is 26.2 Å². The van der Waals surface area contributed by atoms with Crippen LogP contribution in [0, 0.1) is 0 Å². The highest BCUT2D eigenvalue weighted by atomic mass is 32.2. The fourth-order valence-electron chi connectivity index (χ4n) is 3.43. The lowest BCUT2D eigenvalue weighted by Gasteiger charge is -2.19. The number of hydrogen-bond acceptors (Lipinski definition) is 6. The van der Waals surface area contributed by atoms with Crippen LogP contribution in [0.3, 0.4) is 0 Å². The van der Waals surface area contributed by atoms with Crippen molar-refractivity contribution >= 4 is 51.7 Å². The van der Waals surface area contributed by atoms with Crippen molar-refractivity contribution < 1.29 is 4.79 Å². The van der Waals surface area contributed by atoms with Crippen LogP contribution in [-0.2, 0) is 4.79 Å². The van der Waals surface area contributed by atoms with Gasteiger partial charge in [0.2, 0.25) is 0 Å². The van der Waals surface area contributed by atoms with Gasteiger partial charge >= 0.3 is 0 Å². The minimum absolute atomic E-state index is 0.128. The zero-order valence-electron chi connectivity index (χ0n) is 15.1. The standard InChI is InChI=1S/C19H20N4O2S2/c1-2-8-23-18(25)14(27-19(23)26)12-13-16(21-9-5-6-10-21)20-15-7-3-4-11-22(15)17(13)24/h3-4,7,11-12H,2,5-6,8-10H2,1H3/b14-12+. The van der Waals surface area contributed by atoms with E-state index in [0.717, 1.165) is 32.4 Å². The zero-order valence-corrected chi connectivity index (χ0v) is 16.7. The summed E-state index contributed by atoms with van der Waals surface area (Å²) >= 11 is 6.60. The van der Waals surface area contributed by atoms with Crippen LogP contribution in [0.1, 0.15) is 31.7 Å². The molecule has 0 aromatic carbocycles. The topological polar surface area (TPSA) is 57.9 Å². The molecule has 2 aromatic heterocycles. The monoisotopic (exact) mass is 400 g/mol. The molecule has 2 aliphatic rings. The molecule has 2 fully saturated rings. The van der Waals surface area contributed by atoms with Gasteiger partial charge in [0.25, 0.3) is 11.5 Å². The summed E-state index contributed by atoms with van der Waals surface area (Å²) in [7, 11) is 0. The molecule has 27 heavy (non-hydrogen) atoms. The Kier molecular flexibility index (Phi) is 5.01. The van der Waals surface area contributed by atoms with Gasteiger partial charge in [-0.05, 0) is 37.5 Å². The molecule has 0 radical (unpaired) electrons. The van der Waals surface area contributed by atoms with Crippen LogP contribution in [0.25, 0.3) is 11.7 Å². The lowest BCUT2D eigenvalue weighted by atomic mass is 10.2. The van der Waals surface area contributed by atoms with Crippen molar-refractivity contribution in [3.63, 3.8) is 0 Å². The Labute approximate surface area is 166 Å². The maximum absolute atomic E-state index is 13.2. The van der Waals surface area contributed by atoms with E-state index in [4.69, 9.17) is 17.2 Å². The molecule has 0 N–H and O–H groups in total. The summed E-state index contributed by atoms with van der Waals surface area (Å²) in [4.78, 5) is 34.9. The van der Waals surface area contributed by atoms with Crippen LogP contribution in [0.5, 0.6) is 0 Å². The molecule has 0 spiro atoms. The van der Waals surface area contributed by atoms with Gasteiger partial charge in [-0.25, -0.2) is 4.98 Å². The molecule has 6 nitrogen and oxygen atoms in total. The van der Waals surface area contributed by atoms with E-state index in [1.165, 1.54) is 16.2 Å². The van der Waals surface area contributed by atoms with E-state index in [-0.39, 0.29) is 11.5 Å². The van der Waals surface area contributed by atoms with Gasteiger partial charge in [-0.3, -0.25) is 18.9 Å². The van der Waals surface area contributed by atoms with E-state index in [1.807, 2.05) is 19.1 Å². The van der Waals surface area contributed by atoms with E-state index in [1.54, 1.807) is 23.2 Å². The molecule has 8 heteroatoms. The van der Waals surface area contributed by atoms with Gasteiger partial charge in [0, 0.05) is 25.8 Å². The lowest BCUT2D eigenvalue weighted by molar-refractivity contribution is -0.122. The average Bonchev–Trinajstić information content (AvgIpc) is 3.29. The fraction of sp³-hybridized carbons (Fsp3) is 0.368. The number of nitrogens with zero attached hydrogens (tertiary/aromatic N) is 4. The first kappa shape index (κ1) is 18.2. The minimum atomic E-state index is -0.164. The third-order valence-electron chi connectivity index (χ3n) is 4.75. The van der Waals surface area contributed by atoms with Crippen LogP contribution in [0.4, 0.5) is 5.82 Å². The third kappa shape index (κ3) is 3.27. The Balaban J connectivity index is 1.86. The summed E-state index contributed by atoms with van der Waals surface area (Å²) < 4.78 is 2.07. The zero-order chi connectivity index (χ0) is 19.0. The predicted octanol–water partition coefficient (Wildman–Crippen LogP) is 2.91. The van der Waals surface area contributed by atoms with Gasteiger partial charge in [0.05, 0.1) is 10.5 Å². The molecule has 2 saturated heterocycles. The van der Waals surface area contributed by atoms with Crippen LogP contribution >= 0.6 is 24.0 Å². The minimum Gasteiger partial charge on any atom is -0.356 e. The number of thiocarbonyl (C=S) groups is 1. The molecule has 0 atom stereocenters. The molecule has 0 aliphatic carbocycles. The average molecular weight is 401 g/mol. The molecule has 2 aliphatic heterocycles. The summed E-state index contributed by atoms with van der Waals surface area (Å²) in [5.41, 5.74) is 0.904. The lowest BCUT2D eigenvalue weighted by Crippen LogP contribution is -2.29. The number of amides is 1. The van der Waals surface area contributed by atoms with Crippen molar-refractivity contribution in [3.8, 4) is 0 Å². The van der Waals surface area contributed by atoms with E-state index >= 15 is 0 Å². The first-order valence-electron chi connectivity index (χ1n) is 9.12. The summed E-state index contributed by atoms with van der Waals surface area (Å²) in [5, 5.41) is 0. The molecule has 2 aromatic rings. The first-order chi connectivity index (χ1) is 13.1. The van der Waals surface area contributed by atoms with Gasteiger partial charge in [0.15, 0.2) is 0 Å². The summed E-state index contributed by atoms with van der Waals surface area (Å²) in [6.45, 7) is 4.34. The molecule has 4 rings (SSSR count). The summed E-state index contributed by atoms with van der Waals surface area (Å²) in [6, 6.07) is 5.49. The maximum Gasteiger partial charge on any atom is 0.267 e.